The number of fused-ring (bicyclic) bond motifs is 2. The van der Waals surface area contributed by atoms with E-state index in [-0.39, 0.29) is 23.0 Å². The van der Waals surface area contributed by atoms with Crippen LogP contribution in [0.25, 0.3) is 21.8 Å². The Labute approximate surface area is 158 Å². The molecule has 0 bridgehead atoms. The standard InChI is InChI=1S/C19H21N3O3.ClH/c1-3-11-25-12-10-20-19-14-6-4-5-7-15(14)21-18-13(2)8-9-16(17(18)19)22(23)24;/h4-9H,3,10-12H2,1-2H3,(H,20,21);1H. The molecule has 0 unspecified atom stereocenters. The summed E-state index contributed by atoms with van der Waals surface area (Å²) in [7, 11) is 0. The molecule has 3 aromatic rings. The zero-order chi connectivity index (χ0) is 17.8. The number of aryl methyl sites for hydroxylation is 1. The zero-order valence-electron chi connectivity index (χ0n) is 14.8. The van der Waals surface area contributed by atoms with Crippen LogP contribution in [0, 0.1) is 17.0 Å². The first-order valence-electron chi connectivity index (χ1n) is 8.41. The van der Waals surface area contributed by atoms with Gasteiger partial charge in [-0.1, -0.05) is 31.2 Å². The number of aromatic nitrogens is 1. The Kier molecular flexibility index (Phi) is 6.71. The molecule has 1 N–H and O–H groups in total. The van der Waals surface area contributed by atoms with Gasteiger partial charge in [0.15, 0.2) is 0 Å². The van der Waals surface area contributed by atoms with Gasteiger partial charge in [0.2, 0.25) is 0 Å². The van der Waals surface area contributed by atoms with Crippen LogP contribution < -0.4 is 5.32 Å². The Morgan fingerprint density at radius 1 is 1.19 bits per heavy atom. The monoisotopic (exact) mass is 375 g/mol. The molecular weight excluding hydrogens is 354 g/mol. The maximum absolute atomic E-state index is 11.6. The Balaban J connectivity index is 0.00000243. The summed E-state index contributed by atoms with van der Waals surface area (Å²) in [6, 6.07) is 11.0. The quantitative estimate of drug-likeness (QED) is 0.276. The molecule has 1 heterocycles. The van der Waals surface area contributed by atoms with E-state index in [9.17, 15) is 10.1 Å². The molecule has 0 saturated carbocycles. The molecule has 0 atom stereocenters. The molecule has 0 aliphatic heterocycles. The molecule has 7 heteroatoms. The van der Waals surface area contributed by atoms with Gasteiger partial charge in [0.05, 0.1) is 28.3 Å². The highest BCUT2D eigenvalue weighted by molar-refractivity contribution is 6.11. The van der Waals surface area contributed by atoms with Crippen molar-refractivity contribution in [1.29, 1.82) is 0 Å². The molecule has 26 heavy (non-hydrogen) atoms. The summed E-state index contributed by atoms with van der Waals surface area (Å²) in [5.74, 6) is 0. The van der Waals surface area contributed by atoms with E-state index in [1.54, 1.807) is 12.1 Å². The second-order valence-electron chi connectivity index (χ2n) is 5.93. The lowest BCUT2D eigenvalue weighted by Gasteiger charge is -2.14. The van der Waals surface area contributed by atoms with Gasteiger partial charge in [-0.15, -0.1) is 12.4 Å². The van der Waals surface area contributed by atoms with Gasteiger partial charge in [-0.2, -0.15) is 0 Å². The van der Waals surface area contributed by atoms with Crippen molar-refractivity contribution in [3.63, 3.8) is 0 Å². The van der Waals surface area contributed by atoms with Crippen molar-refractivity contribution in [3.8, 4) is 0 Å². The fourth-order valence-electron chi connectivity index (χ4n) is 2.94. The lowest BCUT2D eigenvalue weighted by atomic mass is 10.0. The summed E-state index contributed by atoms with van der Waals surface area (Å²) in [5.41, 5.74) is 3.20. The van der Waals surface area contributed by atoms with Crippen LogP contribution in [-0.4, -0.2) is 29.7 Å². The molecule has 0 radical (unpaired) electrons. The molecule has 0 fully saturated rings. The second kappa shape index (κ2) is 8.78. The Bertz CT molecular complexity index is 931. The van der Waals surface area contributed by atoms with Crippen LogP contribution in [0.3, 0.4) is 0 Å². The van der Waals surface area contributed by atoms with Gasteiger partial charge < -0.3 is 10.1 Å². The maximum atomic E-state index is 11.6. The minimum atomic E-state index is -0.350. The number of ether oxygens (including phenoxy) is 1. The molecule has 1 aromatic heterocycles. The number of para-hydroxylation sites is 1. The molecule has 0 spiro atoms. The highest BCUT2D eigenvalue weighted by atomic mass is 35.5. The number of nitro groups is 1. The Hall–Kier alpha value is -2.44. The number of rotatable bonds is 7. The van der Waals surface area contributed by atoms with Gasteiger partial charge in [0.1, 0.15) is 5.39 Å². The number of benzene rings is 2. The number of anilines is 1. The molecule has 6 nitrogen and oxygen atoms in total. The van der Waals surface area contributed by atoms with Crippen molar-refractivity contribution in [2.24, 2.45) is 0 Å². The Morgan fingerprint density at radius 3 is 2.69 bits per heavy atom. The van der Waals surface area contributed by atoms with Gasteiger partial charge in [-0.3, -0.25) is 10.1 Å². The largest absolute Gasteiger partial charge is 0.381 e. The number of hydrogen-bond donors (Lipinski definition) is 1. The number of non-ortho nitro benzene ring substituents is 1. The van der Waals surface area contributed by atoms with E-state index < -0.39 is 0 Å². The first-order valence-corrected chi connectivity index (χ1v) is 8.41. The van der Waals surface area contributed by atoms with Gasteiger partial charge in [-0.25, -0.2) is 4.98 Å². The van der Waals surface area contributed by atoms with Crippen molar-refractivity contribution in [3.05, 3.63) is 52.1 Å². The number of hydrogen-bond acceptors (Lipinski definition) is 5. The Morgan fingerprint density at radius 2 is 1.96 bits per heavy atom. The predicted octanol–water partition coefficient (Wildman–Crippen LogP) is 4.86. The third-order valence-corrected chi connectivity index (χ3v) is 4.11. The van der Waals surface area contributed by atoms with Gasteiger partial charge in [0.25, 0.3) is 5.69 Å². The topological polar surface area (TPSA) is 77.3 Å². The lowest BCUT2D eigenvalue weighted by Crippen LogP contribution is -2.11. The predicted molar refractivity (Wildman–Crippen MR) is 107 cm³/mol. The van der Waals surface area contributed by atoms with Crippen LogP contribution in [0.15, 0.2) is 36.4 Å². The normalized spacial score (nSPS) is 10.7. The van der Waals surface area contributed by atoms with E-state index >= 15 is 0 Å². The highest BCUT2D eigenvalue weighted by Crippen LogP contribution is 2.37. The van der Waals surface area contributed by atoms with Crippen molar-refractivity contribution >= 4 is 45.6 Å². The van der Waals surface area contributed by atoms with Crippen LogP contribution in [0.4, 0.5) is 11.4 Å². The lowest BCUT2D eigenvalue weighted by molar-refractivity contribution is -0.383. The fraction of sp³-hybridized carbons (Fsp3) is 0.316. The third-order valence-electron chi connectivity index (χ3n) is 4.11. The van der Waals surface area contributed by atoms with E-state index in [0.29, 0.717) is 30.7 Å². The molecule has 0 amide bonds. The van der Waals surface area contributed by atoms with Crippen LogP contribution >= 0.6 is 12.4 Å². The second-order valence-corrected chi connectivity index (χ2v) is 5.93. The van der Waals surface area contributed by atoms with Crippen molar-refractivity contribution in [2.75, 3.05) is 25.1 Å². The fourth-order valence-corrected chi connectivity index (χ4v) is 2.94. The average Bonchev–Trinajstić information content (AvgIpc) is 2.61. The maximum Gasteiger partial charge on any atom is 0.280 e. The minimum absolute atomic E-state index is 0. The van der Waals surface area contributed by atoms with Gasteiger partial charge >= 0.3 is 0 Å². The first kappa shape index (κ1) is 19.9. The van der Waals surface area contributed by atoms with Crippen molar-refractivity contribution in [2.45, 2.75) is 20.3 Å². The summed E-state index contributed by atoms with van der Waals surface area (Å²) in [4.78, 5) is 15.9. The van der Waals surface area contributed by atoms with Crippen LogP contribution in [0.2, 0.25) is 0 Å². The number of nitrogens with one attached hydrogen (secondary N) is 1. The molecule has 3 rings (SSSR count). The first-order chi connectivity index (χ1) is 12.1. The molecular formula is C19H22ClN3O3. The van der Waals surface area contributed by atoms with Crippen molar-refractivity contribution in [1.82, 2.24) is 4.98 Å². The van der Waals surface area contributed by atoms with Crippen LogP contribution in [0.1, 0.15) is 18.9 Å². The van der Waals surface area contributed by atoms with E-state index in [1.807, 2.05) is 31.2 Å². The van der Waals surface area contributed by atoms with E-state index in [2.05, 4.69) is 17.2 Å². The zero-order valence-corrected chi connectivity index (χ0v) is 15.6. The SMILES string of the molecule is CCCOCCNc1c2ccccc2nc2c(C)ccc([N+](=O)[O-])c12.Cl. The van der Waals surface area contributed by atoms with E-state index in [4.69, 9.17) is 4.74 Å². The molecule has 0 saturated heterocycles. The van der Waals surface area contributed by atoms with E-state index in [0.717, 1.165) is 28.6 Å². The van der Waals surface area contributed by atoms with Crippen molar-refractivity contribution < 1.29 is 9.66 Å². The minimum Gasteiger partial charge on any atom is -0.381 e. The highest BCUT2D eigenvalue weighted by Gasteiger charge is 2.20. The average molecular weight is 376 g/mol. The molecule has 2 aromatic carbocycles. The van der Waals surface area contributed by atoms with Crippen LogP contribution in [0.5, 0.6) is 0 Å². The summed E-state index contributed by atoms with van der Waals surface area (Å²) in [6.07, 6.45) is 0.964. The number of pyridine rings is 1. The smallest absolute Gasteiger partial charge is 0.280 e. The van der Waals surface area contributed by atoms with E-state index in [1.165, 1.54) is 0 Å². The number of halogens is 1. The third kappa shape index (κ3) is 3.86. The summed E-state index contributed by atoms with van der Waals surface area (Å²) < 4.78 is 5.52. The van der Waals surface area contributed by atoms with Gasteiger partial charge in [-0.05, 0) is 25.0 Å². The summed E-state index contributed by atoms with van der Waals surface area (Å²) in [6.45, 7) is 5.81. The summed E-state index contributed by atoms with van der Waals surface area (Å²) in [5, 5.41) is 16.3. The van der Waals surface area contributed by atoms with Gasteiger partial charge in [0, 0.05) is 24.6 Å². The summed E-state index contributed by atoms with van der Waals surface area (Å²) >= 11 is 0. The molecule has 0 aliphatic carbocycles. The molecule has 0 aliphatic rings. The molecule has 138 valence electrons. The van der Waals surface area contributed by atoms with Crippen LogP contribution in [-0.2, 0) is 4.74 Å². The number of nitro benzene ring substituents is 1. The number of nitrogens with zero attached hydrogens (tertiary/aromatic N) is 2.